The average Bonchev–Trinajstić information content (AvgIpc) is 3.45. The summed E-state index contributed by atoms with van der Waals surface area (Å²) in [6, 6.07) is 17.8. The summed E-state index contributed by atoms with van der Waals surface area (Å²) in [7, 11) is 0. The second-order valence-corrected chi connectivity index (χ2v) is 7.46. The Bertz CT molecular complexity index is 1230. The highest BCUT2D eigenvalue weighted by molar-refractivity contribution is 7.99. The van der Waals surface area contributed by atoms with E-state index < -0.39 is 0 Å². The molecular formula is C23H19N3O5S. The number of benzene rings is 2. The Labute approximate surface area is 187 Å². The molecule has 2 heterocycles. The molecule has 0 radical (unpaired) electrons. The van der Waals surface area contributed by atoms with Gasteiger partial charge in [-0.25, -0.2) is 15.2 Å². The molecule has 9 heteroatoms. The zero-order chi connectivity index (χ0) is 22.3. The van der Waals surface area contributed by atoms with Crippen LogP contribution in [0.3, 0.4) is 0 Å². The smallest absolute Gasteiger partial charge is 0.338 e. The molecule has 2 aromatic carbocycles. The van der Waals surface area contributed by atoms with Gasteiger partial charge in [-0.05, 0) is 43.3 Å². The summed E-state index contributed by atoms with van der Waals surface area (Å²) in [6.07, 6.45) is 1.42. The molecule has 32 heavy (non-hydrogen) atoms. The maximum Gasteiger partial charge on any atom is 0.338 e. The Morgan fingerprint density at radius 2 is 1.91 bits per heavy atom. The second kappa shape index (κ2) is 9.97. The van der Waals surface area contributed by atoms with Crippen LogP contribution in [0.4, 0.5) is 0 Å². The van der Waals surface area contributed by atoms with Crippen molar-refractivity contribution in [1.82, 2.24) is 10.4 Å². The Hall–Kier alpha value is -3.85. The van der Waals surface area contributed by atoms with Crippen LogP contribution in [0.15, 0.2) is 79.8 Å². The SMILES string of the molecule is CCOC(=O)c1ccc(-c2ccc(/C=N/NC(=O)CSc3nc4ccccc4o3)o2)cc1. The van der Waals surface area contributed by atoms with E-state index in [1.165, 1.54) is 18.0 Å². The van der Waals surface area contributed by atoms with E-state index in [0.717, 1.165) is 11.1 Å². The van der Waals surface area contributed by atoms with Crippen LogP contribution >= 0.6 is 11.8 Å². The lowest BCUT2D eigenvalue weighted by Crippen LogP contribution is -2.19. The number of oxazole rings is 1. The van der Waals surface area contributed by atoms with Crippen molar-refractivity contribution in [2.45, 2.75) is 12.1 Å². The van der Waals surface area contributed by atoms with Crippen molar-refractivity contribution < 1.29 is 23.2 Å². The van der Waals surface area contributed by atoms with Gasteiger partial charge in [0.25, 0.3) is 11.1 Å². The molecule has 0 bridgehead atoms. The Kier molecular flexibility index (Phi) is 6.66. The molecule has 0 saturated carbocycles. The number of esters is 1. The number of carbonyl (C=O) groups is 2. The number of fused-ring (bicyclic) bond motifs is 1. The lowest BCUT2D eigenvalue weighted by Gasteiger charge is -2.02. The summed E-state index contributed by atoms with van der Waals surface area (Å²) in [5.74, 6) is 0.535. The predicted molar refractivity (Wildman–Crippen MR) is 121 cm³/mol. The molecule has 0 unspecified atom stereocenters. The number of para-hydroxylation sites is 2. The summed E-state index contributed by atoms with van der Waals surface area (Å²) in [5, 5.41) is 4.34. The number of aromatic nitrogens is 1. The predicted octanol–water partition coefficient (Wildman–Crippen LogP) is 4.51. The molecule has 2 aromatic heterocycles. The number of furan rings is 1. The first-order valence-corrected chi connectivity index (χ1v) is 10.8. The maximum absolute atomic E-state index is 12.0. The van der Waals surface area contributed by atoms with E-state index >= 15 is 0 Å². The van der Waals surface area contributed by atoms with Gasteiger partial charge in [-0.3, -0.25) is 4.79 Å². The van der Waals surface area contributed by atoms with Crippen molar-refractivity contribution in [3.05, 3.63) is 72.0 Å². The minimum Gasteiger partial charge on any atom is -0.462 e. The number of ether oxygens (including phenoxy) is 1. The molecule has 0 fully saturated rings. The van der Waals surface area contributed by atoms with Crippen molar-refractivity contribution >= 4 is 41.0 Å². The van der Waals surface area contributed by atoms with Gasteiger partial charge in [0.05, 0.1) is 24.1 Å². The Balaban J connectivity index is 1.28. The number of hydrazone groups is 1. The fourth-order valence-corrected chi connectivity index (χ4v) is 3.43. The third kappa shape index (κ3) is 5.25. The molecule has 4 rings (SSSR count). The van der Waals surface area contributed by atoms with Gasteiger partial charge in [-0.15, -0.1) is 0 Å². The first-order valence-electron chi connectivity index (χ1n) is 9.80. The first-order chi connectivity index (χ1) is 15.6. The molecular weight excluding hydrogens is 430 g/mol. The number of nitrogens with one attached hydrogen (secondary N) is 1. The Morgan fingerprint density at radius 1 is 1.09 bits per heavy atom. The third-order valence-electron chi connectivity index (χ3n) is 4.29. The van der Waals surface area contributed by atoms with Gasteiger partial charge < -0.3 is 13.6 Å². The highest BCUT2D eigenvalue weighted by Gasteiger charge is 2.10. The van der Waals surface area contributed by atoms with E-state index in [-0.39, 0.29) is 17.6 Å². The van der Waals surface area contributed by atoms with Crippen LogP contribution in [0.1, 0.15) is 23.0 Å². The van der Waals surface area contributed by atoms with Gasteiger partial charge in [0, 0.05) is 5.56 Å². The van der Waals surface area contributed by atoms with Crippen molar-refractivity contribution in [3.8, 4) is 11.3 Å². The summed E-state index contributed by atoms with van der Waals surface area (Å²) >= 11 is 1.19. The minimum atomic E-state index is -0.365. The molecule has 0 saturated heterocycles. The number of hydrogen-bond acceptors (Lipinski definition) is 8. The molecule has 1 N–H and O–H groups in total. The van der Waals surface area contributed by atoms with E-state index in [9.17, 15) is 9.59 Å². The normalized spacial score (nSPS) is 11.2. The largest absolute Gasteiger partial charge is 0.462 e. The minimum absolute atomic E-state index is 0.111. The van der Waals surface area contributed by atoms with Crippen LogP contribution in [-0.4, -0.2) is 35.4 Å². The third-order valence-corrected chi connectivity index (χ3v) is 5.12. The zero-order valence-corrected chi connectivity index (χ0v) is 17.9. The molecule has 4 aromatic rings. The molecule has 162 valence electrons. The van der Waals surface area contributed by atoms with E-state index in [1.54, 1.807) is 43.3 Å². The van der Waals surface area contributed by atoms with Crippen LogP contribution in [0.25, 0.3) is 22.4 Å². The number of carbonyl (C=O) groups excluding carboxylic acids is 2. The molecule has 0 aliphatic rings. The van der Waals surface area contributed by atoms with Gasteiger partial charge >= 0.3 is 5.97 Å². The molecule has 0 aliphatic carbocycles. The van der Waals surface area contributed by atoms with E-state index in [4.69, 9.17) is 13.6 Å². The average molecular weight is 449 g/mol. The molecule has 0 aliphatic heterocycles. The topological polar surface area (TPSA) is 107 Å². The molecule has 0 spiro atoms. The van der Waals surface area contributed by atoms with Gasteiger partial charge in [-0.2, -0.15) is 5.10 Å². The lowest BCUT2D eigenvalue weighted by atomic mass is 10.1. The standard InChI is InChI=1S/C23H19N3O5S/c1-2-29-22(28)16-9-7-15(8-10-16)19-12-11-17(30-19)13-24-26-21(27)14-32-23-25-18-5-3-4-6-20(18)31-23/h3-13H,2,14H2,1H3,(H,26,27)/b24-13+. The molecule has 8 nitrogen and oxygen atoms in total. The number of amides is 1. The summed E-state index contributed by atoms with van der Waals surface area (Å²) in [6.45, 7) is 2.09. The van der Waals surface area contributed by atoms with E-state index in [2.05, 4.69) is 15.5 Å². The summed E-state index contributed by atoms with van der Waals surface area (Å²) in [5.41, 5.74) is 5.15. The van der Waals surface area contributed by atoms with Crippen LogP contribution < -0.4 is 5.43 Å². The number of rotatable bonds is 8. The summed E-state index contributed by atoms with van der Waals surface area (Å²) in [4.78, 5) is 28.0. The lowest BCUT2D eigenvalue weighted by molar-refractivity contribution is -0.118. The van der Waals surface area contributed by atoms with E-state index in [0.29, 0.717) is 34.5 Å². The van der Waals surface area contributed by atoms with Gasteiger partial charge in [0.2, 0.25) is 0 Å². The highest BCUT2D eigenvalue weighted by Crippen LogP contribution is 2.23. The fraction of sp³-hybridized carbons (Fsp3) is 0.130. The van der Waals surface area contributed by atoms with Gasteiger partial charge in [0.1, 0.15) is 17.0 Å². The Morgan fingerprint density at radius 3 is 2.69 bits per heavy atom. The number of hydrogen-bond donors (Lipinski definition) is 1. The quantitative estimate of drug-likeness (QED) is 0.183. The number of thioether (sulfide) groups is 1. The van der Waals surface area contributed by atoms with Crippen LogP contribution in [0.2, 0.25) is 0 Å². The van der Waals surface area contributed by atoms with Crippen molar-refractivity contribution in [2.24, 2.45) is 5.10 Å². The van der Waals surface area contributed by atoms with Crippen LogP contribution in [0.5, 0.6) is 0 Å². The number of nitrogens with zero attached hydrogens (tertiary/aromatic N) is 2. The first kappa shape index (κ1) is 21.4. The summed E-state index contributed by atoms with van der Waals surface area (Å²) < 4.78 is 16.3. The van der Waals surface area contributed by atoms with E-state index in [1.807, 2.05) is 24.3 Å². The highest BCUT2D eigenvalue weighted by atomic mass is 32.2. The van der Waals surface area contributed by atoms with Gasteiger partial charge in [-0.1, -0.05) is 36.0 Å². The van der Waals surface area contributed by atoms with Crippen molar-refractivity contribution in [2.75, 3.05) is 12.4 Å². The van der Waals surface area contributed by atoms with Crippen molar-refractivity contribution in [1.29, 1.82) is 0 Å². The van der Waals surface area contributed by atoms with Gasteiger partial charge in [0.15, 0.2) is 5.58 Å². The molecule has 0 atom stereocenters. The zero-order valence-electron chi connectivity index (χ0n) is 17.1. The van der Waals surface area contributed by atoms with Crippen LogP contribution in [0, 0.1) is 0 Å². The fourth-order valence-electron chi connectivity index (χ4n) is 2.80. The maximum atomic E-state index is 12.0. The second-order valence-electron chi connectivity index (χ2n) is 6.53. The van der Waals surface area contributed by atoms with Crippen molar-refractivity contribution in [3.63, 3.8) is 0 Å². The van der Waals surface area contributed by atoms with Crippen LogP contribution in [-0.2, 0) is 9.53 Å². The monoisotopic (exact) mass is 449 g/mol. The molecule has 1 amide bonds.